The van der Waals surface area contributed by atoms with E-state index < -0.39 is 0 Å². The van der Waals surface area contributed by atoms with Crippen LogP contribution in [0, 0.1) is 10.1 Å². The van der Waals surface area contributed by atoms with Crippen molar-refractivity contribution in [1.29, 1.82) is 0 Å². The summed E-state index contributed by atoms with van der Waals surface area (Å²) >= 11 is 0. The van der Waals surface area contributed by atoms with Crippen LogP contribution in [0.15, 0.2) is 42.5 Å². The summed E-state index contributed by atoms with van der Waals surface area (Å²) in [5.41, 5.74) is 2.28. The van der Waals surface area contributed by atoms with Gasteiger partial charge in [-0.15, -0.1) is 0 Å². The monoisotopic (exact) mass is 312 g/mol. The second kappa shape index (κ2) is 6.64. The molecule has 1 saturated heterocycles. The Morgan fingerprint density at radius 1 is 1.04 bits per heavy atom. The van der Waals surface area contributed by atoms with Crippen LogP contribution in [0.1, 0.15) is 12.6 Å². The Labute approximate surface area is 135 Å². The number of anilines is 2. The first-order valence-electron chi connectivity index (χ1n) is 7.87. The number of benzene rings is 1. The van der Waals surface area contributed by atoms with E-state index in [0.29, 0.717) is 0 Å². The average molecular weight is 312 g/mol. The number of non-ortho nitro benzene ring substituents is 1. The fourth-order valence-corrected chi connectivity index (χ4v) is 2.82. The average Bonchev–Trinajstić information content (AvgIpc) is 2.62. The molecule has 6 nitrogen and oxygen atoms in total. The molecule has 2 heterocycles. The zero-order valence-corrected chi connectivity index (χ0v) is 13.2. The SMILES string of the molecule is CCc1cccc(N2CCN(c3ccc([N+](=O)[O-])cc3)CC2)n1. The fraction of sp³-hybridized carbons (Fsp3) is 0.353. The first-order valence-corrected chi connectivity index (χ1v) is 7.87. The van der Waals surface area contributed by atoms with Gasteiger partial charge in [-0.05, 0) is 30.7 Å². The smallest absolute Gasteiger partial charge is 0.269 e. The molecule has 1 aromatic carbocycles. The number of piperazine rings is 1. The number of aryl methyl sites for hydroxylation is 1. The van der Waals surface area contributed by atoms with Gasteiger partial charge in [0.15, 0.2) is 0 Å². The van der Waals surface area contributed by atoms with Crippen LogP contribution < -0.4 is 9.80 Å². The topological polar surface area (TPSA) is 62.5 Å². The molecule has 1 aliphatic rings. The third-order valence-electron chi connectivity index (χ3n) is 4.18. The van der Waals surface area contributed by atoms with Crippen LogP contribution in [-0.4, -0.2) is 36.1 Å². The lowest BCUT2D eigenvalue weighted by Crippen LogP contribution is -2.46. The molecular formula is C17H20N4O2. The number of rotatable bonds is 4. The van der Waals surface area contributed by atoms with Crippen LogP contribution in [0.3, 0.4) is 0 Å². The second-order valence-electron chi connectivity index (χ2n) is 5.59. The summed E-state index contributed by atoms with van der Waals surface area (Å²) in [6, 6.07) is 12.9. The Bertz CT molecular complexity index is 679. The second-order valence-corrected chi connectivity index (χ2v) is 5.59. The molecule has 0 amide bonds. The van der Waals surface area contributed by atoms with Gasteiger partial charge in [0.1, 0.15) is 5.82 Å². The van der Waals surface area contributed by atoms with E-state index in [0.717, 1.165) is 49.8 Å². The predicted octanol–water partition coefficient (Wildman–Crippen LogP) is 2.88. The summed E-state index contributed by atoms with van der Waals surface area (Å²) in [7, 11) is 0. The fourth-order valence-electron chi connectivity index (χ4n) is 2.82. The number of hydrogen-bond donors (Lipinski definition) is 0. The number of pyridine rings is 1. The van der Waals surface area contributed by atoms with Crippen molar-refractivity contribution in [1.82, 2.24) is 4.98 Å². The van der Waals surface area contributed by atoms with E-state index in [1.165, 1.54) is 0 Å². The van der Waals surface area contributed by atoms with Crippen molar-refractivity contribution in [3.05, 3.63) is 58.3 Å². The third kappa shape index (κ3) is 3.41. The molecule has 3 rings (SSSR count). The molecule has 6 heteroatoms. The molecule has 0 bridgehead atoms. The summed E-state index contributed by atoms with van der Waals surface area (Å²) in [6.45, 7) is 5.68. The van der Waals surface area contributed by atoms with Crippen LogP contribution in [0.25, 0.3) is 0 Å². The lowest BCUT2D eigenvalue weighted by atomic mass is 10.2. The van der Waals surface area contributed by atoms with Crippen molar-refractivity contribution in [3.8, 4) is 0 Å². The summed E-state index contributed by atoms with van der Waals surface area (Å²) in [5.74, 6) is 1.03. The van der Waals surface area contributed by atoms with E-state index in [4.69, 9.17) is 0 Å². The predicted molar refractivity (Wildman–Crippen MR) is 91.1 cm³/mol. The van der Waals surface area contributed by atoms with E-state index in [9.17, 15) is 10.1 Å². The van der Waals surface area contributed by atoms with Crippen LogP contribution >= 0.6 is 0 Å². The van der Waals surface area contributed by atoms with Crippen molar-refractivity contribution in [2.45, 2.75) is 13.3 Å². The summed E-state index contributed by atoms with van der Waals surface area (Å²) in [4.78, 5) is 19.6. The zero-order valence-electron chi connectivity index (χ0n) is 13.2. The zero-order chi connectivity index (χ0) is 16.2. The highest BCUT2D eigenvalue weighted by Crippen LogP contribution is 2.22. The Morgan fingerprint density at radius 3 is 2.30 bits per heavy atom. The molecule has 0 radical (unpaired) electrons. The maximum Gasteiger partial charge on any atom is 0.269 e. The molecule has 1 fully saturated rings. The van der Waals surface area contributed by atoms with Crippen molar-refractivity contribution >= 4 is 17.2 Å². The first-order chi connectivity index (χ1) is 11.2. The lowest BCUT2D eigenvalue weighted by molar-refractivity contribution is -0.384. The minimum atomic E-state index is -0.367. The number of hydrogen-bond acceptors (Lipinski definition) is 5. The first kappa shape index (κ1) is 15.3. The summed E-state index contributed by atoms with van der Waals surface area (Å²) < 4.78 is 0. The maximum absolute atomic E-state index is 10.7. The van der Waals surface area contributed by atoms with E-state index in [-0.39, 0.29) is 10.6 Å². The quantitative estimate of drug-likeness (QED) is 0.641. The minimum Gasteiger partial charge on any atom is -0.368 e. The molecule has 2 aromatic rings. The molecular weight excluding hydrogens is 292 g/mol. The Balaban J connectivity index is 1.64. The Morgan fingerprint density at radius 2 is 1.70 bits per heavy atom. The Kier molecular flexibility index (Phi) is 4.41. The van der Waals surface area contributed by atoms with E-state index in [1.807, 2.05) is 12.1 Å². The molecule has 0 N–H and O–H groups in total. The van der Waals surface area contributed by atoms with E-state index >= 15 is 0 Å². The molecule has 0 saturated carbocycles. The van der Waals surface area contributed by atoms with Gasteiger partial charge in [0.25, 0.3) is 5.69 Å². The van der Waals surface area contributed by atoms with Crippen molar-refractivity contribution in [2.75, 3.05) is 36.0 Å². The number of nitro groups is 1. The van der Waals surface area contributed by atoms with Gasteiger partial charge in [-0.3, -0.25) is 10.1 Å². The van der Waals surface area contributed by atoms with Crippen LogP contribution in [-0.2, 0) is 6.42 Å². The van der Waals surface area contributed by atoms with Gasteiger partial charge in [-0.1, -0.05) is 13.0 Å². The van der Waals surface area contributed by atoms with E-state index in [1.54, 1.807) is 12.1 Å². The lowest BCUT2D eigenvalue weighted by Gasteiger charge is -2.36. The molecule has 0 atom stereocenters. The highest BCUT2D eigenvalue weighted by Gasteiger charge is 2.19. The van der Waals surface area contributed by atoms with E-state index in [2.05, 4.69) is 39.9 Å². The minimum absolute atomic E-state index is 0.132. The molecule has 23 heavy (non-hydrogen) atoms. The molecule has 1 aromatic heterocycles. The number of nitro benzene ring substituents is 1. The van der Waals surface area contributed by atoms with Gasteiger partial charge in [0.2, 0.25) is 0 Å². The normalized spacial score (nSPS) is 14.8. The summed E-state index contributed by atoms with van der Waals surface area (Å²) in [5, 5.41) is 10.7. The molecule has 1 aliphatic heterocycles. The summed E-state index contributed by atoms with van der Waals surface area (Å²) in [6.07, 6.45) is 0.941. The van der Waals surface area contributed by atoms with Gasteiger partial charge in [-0.25, -0.2) is 4.98 Å². The van der Waals surface area contributed by atoms with Crippen LogP contribution in [0.5, 0.6) is 0 Å². The van der Waals surface area contributed by atoms with Gasteiger partial charge < -0.3 is 9.80 Å². The van der Waals surface area contributed by atoms with Crippen LogP contribution in [0.4, 0.5) is 17.2 Å². The number of aromatic nitrogens is 1. The van der Waals surface area contributed by atoms with Crippen LogP contribution in [0.2, 0.25) is 0 Å². The van der Waals surface area contributed by atoms with Gasteiger partial charge in [0, 0.05) is 49.7 Å². The Hall–Kier alpha value is -2.63. The third-order valence-corrected chi connectivity index (χ3v) is 4.18. The van der Waals surface area contributed by atoms with Crippen molar-refractivity contribution < 1.29 is 4.92 Å². The molecule has 0 unspecified atom stereocenters. The molecule has 120 valence electrons. The standard InChI is InChI=1S/C17H20N4O2/c1-2-14-4-3-5-17(18-14)20-12-10-19(11-13-20)15-6-8-16(9-7-15)21(22)23/h3-9H,2,10-13H2,1H3. The highest BCUT2D eigenvalue weighted by atomic mass is 16.6. The molecule has 0 spiro atoms. The van der Waals surface area contributed by atoms with Crippen molar-refractivity contribution in [3.63, 3.8) is 0 Å². The maximum atomic E-state index is 10.7. The largest absolute Gasteiger partial charge is 0.368 e. The highest BCUT2D eigenvalue weighted by molar-refractivity contribution is 5.52. The van der Waals surface area contributed by atoms with Gasteiger partial charge in [-0.2, -0.15) is 0 Å². The molecule has 0 aliphatic carbocycles. The van der Waals surface area contributed by atoms with Gasteiger partial charge in [0.05, 0.1) is 4.92 Å². The van der Waals surface area contributed by atoms with Crippen molar-refractivity contribution in [2.24, 2.45) is 0 Å². The number of nitrogens with zero attached hydrogens (tertiary/aromatic N) is 4. The van der Waals surface area contributed by atoms with Gasteiger partial charge >= 0.3 is 0 Å².